The van der Waals surface area contributed by atoms with Crippen LogP contribution in [0.3, 0.4) is 0 Å². The maximum Gasteiger partial charge on any atom is 0.168 e. The summed E-state index contributed by atoms with van der Waals surface area (Å²) in [6.45, 7) is 2.47. The molecule has 2 aromatic rings. The first-order valence-electron chi connectivity index (χ1n) is 4.68. The first-order chi connectivity index (χ1) is 7.27. The van der Waals surface area contributed by atoms with Crippen LogP contribution < -0.4 is 5.73 Å². The SMILES string of the molecule is CC(N)c1nnnn1Cc1ccncc1. The van der Waals surface area contributed by atoms with E-state index in [0.29, 0.717) is 12.4 Å². The number of nitrogens with two attached hydrogens (primary N) is 1. The van der Waals surface area contributed by atoms with Crippen LogP contribution in [0.25, 0.3) is 0 Å². The summed E-state index contributed by atoms with van der Waals surface area (Å²) < 4.78 is 1.69. The van der Waals surface area contributed by atoms with E-state index in [1.165, 1.54) is 0 Å². The smallest absolute Gasteiger partial charge is 0.168 e. The molecule has 0 aliphatic heterocycles. The van der Waals surface area contributed by atoms with E-state index in [1.54, 1.807) is 17.1 Å². The highest BCUT2D eigenvalue weighted by Gasteiger charge is 2.10. The Hall–Kier alpha value is -1.82. The Morgan fingerprint density at radius 1 is 1.40 bits per heavy atom. The summed E-state index contributed by atoms with van der Waals surface area (Å²) in [6.07, 6.45) is 3.48. The third-order valence-corrected chi connectivity index (χ3v) is 2.05. The van der Waals surface area contributed by atoms with Gasteiger partial charge in [0.1, 0.15) is 0 Å². The maximum atomic E-state index is 5.74. The Morgan fingerprint density at radius 3 is 2.80 bits per heavy atom. The molecular weight excluding hydrogens is 192 g/mol. The van der Waals surface area contributed by atoms with Crippen molar-refractivity contribution in [2.45, 2.75) is 19.5 Å². The van der Waals surface area contributed by atoms with Crippen LogP contribution in [0.1, 0.15) is 24.4 Å². The van der Waals surface area contributed by atoms with Gasteiger partial charge in [-0.25, -0.2) is 4.68 Å². The van der Waals surface area contributed by atoms with Crippen LogP contribution in [-0.4, -0.2) is 25.2 Å². The van der Waals surface area contributed by atoms with E-state index in [4.69, 9.17) is 5.73 Å². The van der Waals surface area contributed by atoms with Crippen molar-refractivity contribution in [3.8, 4) is 0 Å². The fraction of sp³-hybridized carbons (Fsp3) is 0.333. The predicted octanol–water partition coefficient (Wildman–Crippen LogP) is 0.136. The van der Waals surface area contributed by atoms with Gasteiger partial charge in [-0.05, 0) is 35.0 Å². The molecule has 1 atom stereocenters. The second kappa shape index (κ2) is 4.14. The highest BCUT2D eigenvalue weighted by Crippen LogP contribution is 2.06. The average molecular weight is 204 g/mol. The fourth-order valence-electron chi connectivity index (χ4n) is 1.31. The van der Waals surface area contributed by atoms with Gasteiger partial charge in [0.05, 0.1) is 12.6 Å². The number of aromatic nitrogens is 5. The van der Waals surface area contributed by atoms with Gasteiger partial charge < -0.3 is 5.73 Å². The van der Waals surface area contributed by atoms with E-state index < -0.39 is 0 Å². The molecule has 0 aromatic carbocycles. The van der Waals surface area contributed by atoms with Crippen molar-refractivity contribution < 1.29 is 0 Å². The predicted molar refractivity (Wildman–Crippen MR) is 53.8 cm³/mol. The van der Waals surface area contributed by atoms with Gasteiger partial charge in [-0.2, -0.15) is 0 Å². The summed E-state index contributed by atoms with van der Waals surface area (Å²) >= 11 is 0. The van der Waals surface area contributed by atoms with Crippen molar-refractivity contribution in [2.24, 2.45) is 5.73 Å². The largest absolute Gasteiger partial charge is 0.322 e. The van der Waals surface area contributed by atoms with Crippen LogP contribution in [-0.2, 0) is 6.54 Å². The first-order valence-corrected chi connectivity index (χ1v) is 4.68. The molecule has 0 amide bonds. The molecule has 0 radical (unpaired) electrons. The Kier molecular flexibility index (Phi) is 2.68. The van der Waals surface area contributed by atoms with Crippen molar-refractivity contribution >= 4 is 0 Å². The van der Waals surface area contributed by atoms with Crippen molar-refractivity contribution in [1.82, 2.24) is 25.2 Å². The van der Waals surface area contributed by atoms with Gasteiger partial charge in [0.2, 0.25) is 0 Å². The molecule has 2 N–H and O–H groups in total. The molecule has 2 aromatic heterocycles. The number of hydrogen-bond donors (Lipinski definition) is 1. The van der Waals surface area contributed by atoms with E-state index in [0.717, 1.165) is 5.56 Å². The molecular formula is C9H12N6. The summed E-state index contributed by atoms with van der Waals surface area (Å²) in [5.41, 5.74) is 6.83. The molecule has 0 bridgehead atoms. The molecule has 0 fully saturated rings. The van der Waals surface area contributed by atoms with Crippen LogP contribution in [0, 0.1) is 0 Å². The van der Waals surface area contributed by atoms with E-state index >= 15 is 0 Å². The maximum absolute atomic E-state index is 5.74. The zero-order valence-corrected chi connectivity index (χ0v) is 8.41. The summed E-state index contributed by atoms with van der Waals surface area (Å²) in [6, 6.07) is 3.68. The standard InChI is InChI=1S/C9H12N6/c1-7(10)9-12-13-14-15(9)6-8-2-4-11-5-3-8/h2-5,7H,6,10H2,1H3. The van der Waals surface area contributed by atoms with Crippen LogP contribution in [0.2, 0.25) is 0 Å². The van der Waals surface area contributed by atoms with Gasteiger partial charge >= 0.3 is 0 Å². The molecule has 0 aliphatic carbocycles. The van der Waals surface area contributed by atoms with Gasteiger partial charge in [0, 0.05) is 12.4 Å². The molecule has 0 saturated carbocycles. The number of tetrazole rings is 1. The first kappa shape index (κ1) is 9.72. The highest BCUT2D eigenvalue weighted by atomic mass is 15.5. The third-order valence-electron chi connectivity index (χ3n) is 2.05. The van der Waals surface area contributed by atoms with Gasteiger partial charge in [0.25, 0.3) is 0 Å². The second-order valence-electron chi connectivity index (χ2n) is 3.34. The summed E-state index contributed by atoms with van der Waals surface area (Å²) in [5.74, 6) is 0.687. The van der Waals surface area contributed by atoms with Gasteiger partial charge in [-0.3, -0.25) is 4.98 Å². The summed E-state index contributed by atoms with van der Waals surface area (Å²) in [7, 11) is 0. The molecule has 15 heavy (non-hydrogen) atoms. The average Bonchev–Trinajstić information content (AvgIpc) is 2.67. The van der Waals surface area contributed by atoms with Gasteiger partial charge in [-0.1, -0.05) is 0 Å². The second-order valence-corrected chi connectivity index (χ2v) is 3.34. The molecule has 0 aliphatic rings. The molecule has 0 spiro atoms. The van der Waals surface area contributed by atoms with Gasteiger partial charge in [-0.15, -0.1) is 5.10 Å². The van der Waals surface area contributed by atoms with Crippen molar-refractivity contribution in [3.05, 3.63) is 35.9 Å². The van der Waals surface area contributed by atoms with Crippen LogP contribution in [0.15, 0.2) is 24.5 Å². The zero-order chi connectivity index (χ0) is 10.7. The van der Waals surface area contributed by atoms with Crippen LogP contribution in [0.4, 0.5) is 0 Å². The number of rotatable bonds is 3. The van der Waals surface area contributed by atoms with Crippen molar-refractivity contribution in [3.63, 3.8) is 0 Å². The van der Waals surface area contributed by atoms with E-state index in [-0.39, 0.29) is 6.04 Å². The molecule has 2 heterocycles. The number of pyridine rings is 1. The minimum atomic E-state index is -0.165. The third kappa shape index (κ3) is 2.16. The fourth-order valence-corrected chi connectivity index (χ4v) is 1.31. The molecule has 6 nitrogen and oxygen atoms in total. The topological polar surface area (TPSA) is 82.5 Å². The lowest BCUT2D eigenvalue weighted by Crippen LogP contribution is -2.15. The number of hydrogen-bond acceptors (Lipinski definition) is 5. The summed E-state index contributed by atoms with van der Waals surface area (Å²) in [5, 5.41) is 11.4. The monoisotopic (exact) mass is 204 g/mol. The molecule has 78 valence electrons. The summed E-state index contributed by atoms with van der Waals surface area (Å²) in [4.78, 5) is 3.95. The Balaban J connectivity index is 2.21. The van der Waals surface area contributed by atoms with E-state index in [9.17, 15) is 0 Å². The molecule has 6 heteroatoms. The Morgan fingerprint density at radius 2 is 2.13 bits per heavy atom. The van der Waals surface area contributed by atoms with E-state index in [1.807, 2.05) is 19.1 Å². The Labute approximate surface area is 87.1 Å². The number of nitrogens with zero attached hydrogens (tertiary/aromatic N) is 5. The van der Waals surface area contributed by atoms with Crippen LogP contribution >= 0.6 is 0 Å². The highest BCUT2D eigenvalue weighted by molar-refractivity contribution is 5.10. The zero-order valence-electron chi connectivity index (χ0n) is 8.41. The van der Waals surface area contributed by atoms with Crippen molar-refractivity contribution in [1.29, 1.82) is 0 Å². The van der Waals surface area contributed by atoms with E-state index in [2.05, 4.69) is 20.5 Å². The lowest BCUT2D eigenvalue weighted by Gasteiger charge is -2.06. The molecule has 0 saturated heterocycles. The lowest BCUT2D eigenvalue weighted by molar-refractivity contribution is 0.587. The lowest BCUT2D eigenvalue weighted by atomic mass is 10.2. The normalized spacial score (nSPS) is 12.7. The molecule has 2 rings (SSSR count). The Bertz CT molecular complexity index is 421. The quantitative estimate of drug-likeness (QED) is 0.768. The van der Waals surface area contributed by atoms with Gasteiger partial charge in [0.15, 0.2) is 5.82 Å². The van der Waals surface area contributed by atoms with Crippen molar-refractivity contribution in [2.75, 3.05) is 0 Å². The minimum Gasteiger partial charge on any atom is -0.322 e. The minimum absolute atomic E-state index is 0.165. The molecule has 1 unspecified atom stereocenters. The van der Waals surface area contributed by atoms with Crippen LogP contribution in [0.5, 0.6) is 0 Å².